The minimum absolute atomic E-state index is 0.0458. The Morgan fingerprint density at radius 1 is 1.25 bits per heavy atom. The molecule has 1 aromatic rings. The largest absolute Gasteiger partial charge is 0.412 e. The van der Waals surface area contributed by atoms with E-state index in [1.54, 1.807) is 0 Å². The predicted molar refractivity (Wildman–Crippen MR) is 73.3 cm³/mol. The molecule has 1 aromatic carbocycles. The van der Waals surface area contributed by atoms with Crippen LogP contribution in [0.15, 0.2) is 35.9 Å². The third-order valence-electron chi connectivity index (χ3n) is 3.62. The Labute approximate surface area is 117 Å². The molecule has 1 atom stereocenters. The van der Waals surface area contributed by atoms with Crippen molar-refractivity contribution >= 4 is 0 Å². The number of nitrogens with zero attached hydrogens (tertiary/aromatic N) is 1. The van der Waals surface area contributed by atoms with Crippen molar-refractivity contribution in [3.8, 4) is 0 Å². The molecule has 20 heavy (non-hydrogen) atoms. The van der Waals surface area contributed by atoms with Crippen molar-refractivity contribution in [3.05, 3.63) is 47.0 Å². The number of benzene rings is 1. The van der Waals surface area contributed by atoms with E-state index in [1.807, 2.05) is 36.1 Å². The highest BCUT2D eigenvalue weighted by Gasteiger charge is 2.34. The van der Waals surface area contributed by atoms with Crippen LogP contribution in [-0.4, -0.2) is 30.7 Å². The molecular weight excluding hydrogens is 265 g/mol. The van der Waals surface area contributed by atoms with Crippen LogP contribution in [0.1, 0.15) is 23.6 Å². The van der Waals surface area contributed by atoms with E-state index < -0.39 is 11.7 Å². The summed E-state index contributed by atoms with van der Waals surface area (Å²) in [6.45, 7) is 3.30. The van der Waals surface area contributed by atoms with E-state index in [1.165, 1.54) is 6.08 Å². The number of nitrogens with two attached hydrogens (primary N) is 1. The monoisotopic (exact) mass is 284 g/mol. The van der Waals surface area contributed by atoms with E-state index in [2.05, 4.69) is 0 Å². The Kier molecular flexibility index (Phi) is 4.50. The molecule has 0 fully saturated rings. The van der Waals surface area contributed by atoms with Gasteiger partial charge in [0.2, 0.25) is 0 Å². The normalized spacial score (nSPS) is 18.8. The van der Waals surface area contributed by atoms with E-state index in [9.17, 15) is 13.2 Å². The second-order valence-electron chi connectivity index (χ2n) is 5.25. The molecule has 1 aliphatic rings. The van der Waals surface area contributed by atoms with Crippen LogP contribution >= 0.6 is 0 Å². The molecule has 2 nitrogen and oxygen atoms in total. The minimum Gasteiger partial charge on any atom is -0.323 e. The number of hydrogen-bond donors (Lipinski definition) is 1. The fraction of sp³-hybridized carbons (Fsp3) is 0.467. The van der Waals surface area contributed by atoms with Crippen molar-refractivity contribution in [2.45, 2.75) is 25.6 Å². The molecule has 110 valence electrons. The summed E-state index contributed by atoms with van der Waals surface area (Å²) in [5, 5.41) is 0. The van der Waals surface area contributed by atoms with Crippen molar-refractivity contribution in [1.82, 2.24) is 4.90 Å². The van der Waals surface area contributed by atoms with Crippen LogP contribution in [-0.2, 0) is 0 Å². The Bertz CT molecular complexity index is 477. The molecule has 5 heteroatoms. The lowest BCUT2D eigenvalue weighted by Crippen LogP contribution is -2.37. The molecule has 1 heterocycles. The number of halogens is 3. The van der Waals surface area contributed by atoms with Crippen molar-refractivity contribution in [3.63, 3.8) is 0 Å². The molecule has 1 aliphatic heterocycles. The van der Waals surface area contributed by atoms with E-state index in [0.29, 0.717) is 19.6 Å². The summed E-state index contributed by atoms with van der Waals surface area (Å²) >= 11 is 0. The number of hydrogen-bond acceptors (Lipinski definition) is 2. The second-order valence-corrected chi connectivity index (χ2v) is 5.25. The van der Waals surface area contributed by atoms with Crippen molar-refractivity contribution < 1.29 is 13.2 Å². The zero-order valence-corrected chi connectivity index (χ0v) is 11.5. The average Bonchev–Trinajstić information content (AvgIpc) is 2.39. The van der Waals surface area contributed by atoms with Gasteiger partial charge in [-0.2, -0.15) is 13.2 Å². The highest BCUT2D eigenvalue weighted by atomic mass is 19.4. The number of aryl methyl sites for hydroxylation is 1. The van der Waals surface area contributed by atoms with E-state index in [0.717, 1.165) is 11.1 Å². The second kappa shape index (κ2) is 5.97. The van der Waals surface area contributed by atoms with Crippen molar-refractivity contribution in [2.75, 3.05) is 19.6 Å². The maximum atomic E-state index is 12.5. The molecule has 0 radical (unpaired) electrons. The predicted octanol–water partition coefficient (Wildman–Crippen LogP) is 3.19. The first kappa shape index (κ1) is 15.1. The average molecular weight is 284 g/mol. The highest BCUT2D eigenvalue weighted by molar-refractivity contribution is 5.24. The third-order valence-corrected chi connectivity index (χ3v) is 3.62. The Hall–Kier alpha value is -1.33. The zero-order chi connectivity index (χ0) is 14.8. The lowest BCUT2D eigenvalue weighted by molar-refractivity contribution is -0.0960. The summed E-state index contributed by atoms with van der Waals surface area (Å²) in [6, 6.07) is 7.76. The number of alkyl halides is 3. The van der Waals surface area contributed by atoms with Gasteiger partial charge in [-0.3, -0.25) is 4.90 Å². The first-order valence-electron chi connectivity index (χ1n) is 6.67. The lowest BCUT2D eigenvalue weighted by Gasteiger charge is -2.29. The molecule has 2 rings (SSSR count). The maximum Gasteiger partial charge on any atom is 0.412 e. The van der Waals surface area contributed by atoms with Crippen LogP contribution in [0.25, 0.3) is 0 Å². The summed E-state index contributed by atoms with van der Waals surface area (Å²) in [5.41, 5.74) is 7.87. The van der Waals surface area contributed by atoms with Gasteiger partial charge in [-0.15, -0.1) is 0 Å². The molecular formula is C15H19F3N2. The van der Waals surface area contributed by atoms with Crippen LogP contribution < -0.4 is 5.73 Å². The van der Waals surface area contributed by atoms with Gasteiger partial charge in [0.1, 0.15) is 0 Å². The van der Waals surface area contributed by atoms with E-state index in [-0.39, 0.29) is 12.5 Å². The quantitative estimate of drug-likeness (QED) is 0.864. The fourth-order valence-corrected chi connectivity index (χ4v) is 2.33. The van der Waals surface area contributed by atoms with Crippen LogP contribution in [0.5, 0.6) is 0 Å². The highest BCUT2D eigenvalue weighted by Crippen LogP contribution is 2.30. The van der Waals surface area contributed by atoms with Gasteiger partial charge in [0.25, 0.3) is 0 Å². The Morgan fingerprint density at radius 3 is 2.40 bits per heavy atom. The first-order chi connectivity index (χ1) is 9.36. The van der Waals surface area contributed by atoms with Crippen molar-refractivity contribution in [1.29, 1.82) is 0 Å². The van der Waals surface area contributed by atoms with Gasteiger partial charge in [-0.25, -0.2) is 0 Å². The summed E-state index contributed by atoms with van der Waals surface area (Å²) in [5.74, 6) is 0. The molecule has 0 saturated heterocycles. The third kappa shape index (κ3) is 3.84. The van der Waals surface area contributed by atoms with Crippen molar-refractivity contribution in [2.24, 2.45) is 5.73 Å². The minimum atomic E-state index is -4.19. The van der Waals surface area contributed by atoms with Crippen LogP contribution in [0, 0.1) is 6.92 Å². The molecule has 1 unspecified atom stereocenters. The summed E-state index contributed by atoms with van der Waals surface area (Å²) in [4.78, 5) is 1.96. The molecule has 0 spiro atoms. The van der Waals surface area contributed by atoms with Gasteiger partial charge >= 0.3 is 6.18 Å². The Balaban J connectivity index is 1.92. The summed E-state index contributed by atoms with van der Waals surface area (Å²) < 4.78 is 37.6. The SMILES string of the molecule is Cc1ccc(C(N)CN2CC=C(C(F)(F)F)CC2)cc1. The molecule has 0 aliphatic carbocycles. The topological polar surface area (TPSA) is 29.3 Å². The van der Waals surface area contributed by atoms with Gasteiger partial charge in [0.15, 0.2) is 0 Å². The van der Waals surface area contributed by atoms with Crippen LogP contribution in [0.4, 0.5) is 13.2 Å². The number of rotatable bonds is 3. The van der Waals surface area contributed by atoms with Gasteiger partial charge in [0.05, 0.1) is 0 Å². The summed E-state index contributed by atoms with van der Waals surface area (Å²) in [6.07, 6.45) is -2.87. The summed E-state index contributed by atoms with van der Waals surface area (Å²) in [7, 11) is 0. The van der Waals surface area contributed by atoms with Gasteiger partial charge in [0, 0.05) is 31.2 Å². The standard InChI is InChI=1S/C15H19F3N2/c1-11-2-4-12(5-3-11)14(19)10-20-8-6-13(7-9-20)15(16,17)18/h2-6,14H,7-10,19H2,1H3. The fourth-order valence-electron chi connectivity index (χ4n) is 2.33. The van der Waals surface area contributed by atoms with Gasteiger partial charge < -0.3 is 5.73 Å². The molecule has 0 bridgehead atoms. The lowest BCUT2D eigenvalue weighted by atomic mass is 10.0. The maximum absolute atomic E-state index is 12.5. The van der Waals surface area contributed by atoms with E-state index >= 15 is 0 Å². The molecule has 2 N–H and O–H groups in total. The zero-order valence-electron chi connectivity index (χ0n) is 11.5. The molecule has 0 aromatic heterocycles. The first-order valence-corrected chi connectivity index (χ1v) is 6.67. The smallest absolute Gasteiger partial charge is 0.323 e. The van der Waals surface area contributed by atoms with Gasteiger partial charge in [-0.1, -0.05) is 35.9 Å². The molecule has 0 amide bonds. The Morgan fingerprint density at radius 2 is 1.90 bits per heavy atom. The van der Waals surface area contributed by atoms with Crippen LogP contribution in [0.2, 0.25) is 0 Å². The van der Waals surface area contributed by atoms with Gasteiger partial charge in [-0.05, 0) is 18.9 Å². The van der Waals surface area contributed by atoms with Crippen LogP contribution in [0.3, 0.4) is 0 Å². The molecule has 0 saturated carbocycles. The van der Waals surface area contributed by atoms with E-state index in [4.69, 9.17) is 5.73 Å².